The average molecular weight is 247 g/mol. The van der Waals surface area contributed by atoms with E-state index in [0.717, 1.165) is 12.1 Å². The van der Waals surface area contributed by atoms with Crippen molar-refractivity contribution in [3.05, 3.63) is 29.3 Å². The molecule has 1 aromatic rings. The molecule has 0 aromatic heterocycles. The van der Waals surface area contributed by atoms with Crippen LogP contribution in [0.2, 0.25) is 0 Å². The first-order valence-corrected chi connectivity index (χ1v) is 4.99. The van der Waals surface area contributed by atoms with Gasteiger partial charge in [-0.2, -0.15) is 0 Å². The van der Waals surface area contributed by atoms with Crippen LogP contribution in [0.5, 0.6) is 5.75 Å². The lowest BCUT2D eigenvalue weighted by Gasteiger charge is -2.09. The summed E-state index contributed by atoms with van der Waals surface area (Å²) in [5.41, 5.74) is 5.36. The molecule has 0 amide bonds. The quantitative estimate of drug-likeness (QED) is 0.609. The zero-order chi connectivity index (χ0) is 12.1. The fraction of sp³-hybridized carbons (Fsp3) is 0.300. The molecule has 1 aromatic carbocycles. The molecule has 0 aliphatic carbocycles. The second kappa shape index (κ2) is 5.72. The average Bonchev–Trinajstić information content (AvgIpc) is 2.21. The molecular weight excluding hydrogens is 236 g/mol. The maximum Gasteiger partial charge on any atom is 0.190 e. The van der Waals surface area contributed by atoms with E-state index in [4.69, 9.17) is 15.6 Å². The number of ether oxygens (including phenoxy) is 1. The maximum atomic E-state index is 13.4. The van der Waals surface area contributed by atoms with Gasteiger partial charge in [0.25, 0.3) is 0 Å². The van der Waals surface area contributed by atoms with Crippen LogP contribution in [0, 0.1) is 11.6 Å². The van der Waals surface area contributed by atoms with Crippen molar-refractivity contribution in [1.82, 2.24) is 0 Å². The zero-order valence-electron chi connectivity index (χ0n) is 8.37. The fourth-order valence-electron chi connectivity index (χ4n) is 1.08. The predicted octanol–water partition coefficient (Wildman–Crippen LogP) is 1.36. The summed E-state index contributed by atoms with van der Waals surface area (Å²) in [6.45, 7) is -0.0645. The monoisotopic (exact) mass is 247 g/mol. The molecule has 3 nitrogen and oxygen atoms in total. The number of nitrogens with two attached hydrogens (primary N) is 1. The van der Waals surface area contributed by atoms with E-state index >= 15 is 0 Å². The molecule has 88 valence electrons. The zero-order valence-corrected chi connectivity index (χ0v) is 9.19. The standard InChI is InChI=1S/C10H11F2NO2S/c11-7-4-6(10(13)16)5-8(12)9(7)15-3-1-2-14/h4-5,14H,1-3H2,(H2,13,16). The Kier molecular flexibility index (Phi) is 4.57. The highest BCUT2D eigenvalue weighted by Gasteiger charge is 2.13. The van der Waals surface area contributed by atoms with Gasteiger partial charge in [0.1, 0.15) is 4.99 Å². The van der Waals surface area contributed by atoms with Crippen LogP contribution in [-0.4, -0.2) is 23.3 Å². The molecule has 0 bridgehead atoms. The third-order valence-corrected chi connectivity index (χ3v) is 2.07. The Morgan fingerprint density at radius 2 is 1.94 bits per heavy atom. The highest BCUT2D eigenvalue weighted by molar-refractivity contribution is 7.80. The molecule has 0 fully saturated rings. The van der Waals surface area contributed by atoms with Gasteiger partial charge in [0.2, 0.25) is 0 Å². The molecule has 0 aliphatic heterocycles. The predicted molar refractivity (Wildman–Crippen MR) is 59.4 cm³/mol. The summed E-state index contributed by atoms with van der Waals surface area (Å²) in [6.07, 6.45) is 0.302. The SMILES string of the molecule is NC(=S)c1cc(F)c(OCCCO)c(F)c1. The molecule has 16 heavy (non-hydrogen) atoms. The van der Waals surface area contributed by atoms with E-state index in [-0.39, 0.29) is 23.8 Å². The van der Waals surface area contributed by atoms with Crippen LogP contribution < -0.4 is 10.5 Å². The molecule has 0 saturated carbocycles. The summed E-state index contributed by atoms with van der Waals surface area (Å²) in [7, 11) is 0. The number of hydrogen-bond acceptors (Lipinski definition) is 3. The van der Waals surface area contributed by atoms with Crippen molar-refractivity contribution in [3.8, 4) is 5.75 Å². The number of benzene rings is 1. The van der Waals surface area contributed by atoms with E-state index in [1.807, 2.05) is 0 Å². The highest BCUT2D eigenvalue weighted by Crippen LogP contribution is 2.23. The van der Waals surface area contributed by atoms with Gasteiger partial charge in [0.05, 0.1) is 6.61 Å². The molecule has 0 spiro atoms. The molecule has 6 heteroatoms. The summed E-state index contributed by atoms with van der Waals surface area (Å²) in [6, 6.07) is 2.03. The van der Waals surface area contributed by atoms with Gasteiger partial charge < -0.3 is 15.6 Å². The number of rotatable bonds is 5. The fourth-order valence-corrected chi connectivity index (χ4v) is 1.20. The molecule has 0 atom stereocenters. The lowest BCUT2D eigenvalue weighted by atomic mass is 10.2. The van der Waals surface area contributed by atoms with Gasteiger partial charge in [0.15, 0.2) is 17.4 Å². The van der Waals surface area contributed by atoms with Gasteiger partial charge in [-0.3, -0.25) is 0 Å². The topological polar surface area (TPSA) is 55.5 Å². The normalized spacial score (nSPS) is 10.2. The minimum Gasteiger partial charge on any atom is -0.488 e. The Bertz CT molecular complexity index is 375. The second-order valence-electron chi connectivity index (χ2n) is 3.06. The van der Waals surface area contributed by atoms with E-state index in [9.17, 15) is 8.78 Å². The number of thiocarbonyl (C=S) groups is 1. The second-order valence-corrected chi connectivity index (χ2v) is 3.50. The van der Waals surface area contributed by atoms with Crippen LogP contribution in [0.15, 0.2) is 12.1 Å². The minimum atomic E-state index is -0.860. The van der Waals surface area contributed by atoms with Crippen molar-refractivity contribution in [2.75, 3.05) is 13.2 Å². The van der Waals surface area contributed by atoms with Crippen LogP contribution in [0.25, 0.3) is 0 Å². The van der Waals surface area contributed by atoms with Crippen LogP contribution in [0.3, 0.4) is 0 Å². The van der Waals surface area contributed by atoms with Crippen LogP contribution in [0.1, 0.15) is 12.0 Å². The highest BCUT2D eigenvalue weighted by atomic mass is 32.1. The first-order chi connectivity index (χ1) is 7.56. The van der Waals surface area contributed by atoms with Crippen molar-refractivity contribution in [2.24, 2.45) is 5.73 Å². The van der Waals surface area contributed by atoms with Crippen LogP contribution >= 0.6 is 12.2 Å². The summed E-state index contributed by atoms with van der Waals surface area (Å²) >= 11 is 4.60. The number of aliphatic hydroxyl groups is 1. The lowest BCUT2D eigenvalue weighted by Crippen LogP contribution is -2.11. The lowest BCUT2D eigenvalue weighted by molar-refractivity contribution is 0.222. The first-order valence-electron chi connectivity index (χ1n) is 4.58. The Morgan fingerprint density at radius 3 is 2.38 bits per heavy atom. The number of halogens is 2. The summed E-state index contributed by atoms with van der Waals surface area (Å²) < 4.78 is 31.6. The molecule has 0 heterocycles. The van der Waals surface area contributed by atoms with Gasteiger partial charge in [-0.1, -0.05) is 12.2 Å². The molecule has 0 radical (unpaired) electrons. The number of hydrogen-bond donors (Lipinski definition) is 2. The van der Waals surface area contributed by atoms with Crippen molar-refractivity contribution in [2.45, 2.75) is 6.42 Å². The molecule has 1 rings (SSSR count). The summed E-state index contributed by atoms with van der Waals surface area (Å²) in [5, 5.41) is 8.50. The number of aliphatic hydroxyl groups excluding tert-OH is 1. The van der Waals surface area contributed by atoms with Crippen molar-refractivity contribution in [3.63, 3.8) is 0 Å². The van der Waals surface area contributed by atoms with Crippen LogP contribution in [-0.2, 0) is 0 Å². The van der Waals surface area contributed by atoms with Gasteiger partial charge in [-0.25, -0.2) is 8.78 Å². The largest absolute Gasteiger partial charge is 0.488 e. The van der Waals surface area contributed by atoms with Crippen molar-refractivity contribution in [1.29, 1.82) is 0 Å². The third-order valence-electron chi connectivity index (χ3n) is 1.83. The Morgan fingerprint density at radius 1 is 1.38 bits per heavy atom. The molecule has 3 N–H and O–H groups in total. The Hall–Kier alpha value is -1.27. The van der Waals surface area contributed by atoms with Crippen LogP contribution in [0.4, 0.5) is 8.78 Å². The first kappa shape index (κ1) is 12.8. The third kappa shape index (κ3) is 3.11. The smallest absolute Gasteiger partial charge is 0.190 e. The molecule has 0 aliphatic rings. The Labute approximate surface area is 96.8 Å². The molecule has 0 saturated heterocycles. The van der Waals surface area contributed by atoms with Crippen molar-refractivity contribution < 1.29 is 18.6 Å². The van der Waals surface area contributed by atoms with E-state index in [1.165, 1.54) is 0 Å². The molecule has 0 unspecified atom stereocenters. The minimum absolute atomic E-state index is 0.0385. The Balaban J connectivity index is 2.89. The van der Waals surface area contributed by atoms with E-state index in [0.29, 0.717) is 6.42 Å². The van der Waals surface area contributed by atoms with E-state index < -0.39 is 17.4 Å². The van der Waals surface area contributed by atoms with Gasteiger partial charge in [-0.15, -0.1) is 0 Å². The van der Waals surface area contributed by atoms with Gasteiger partial charge in [-0.05, 0) is 12.1 Å². The van der Waals surface area contributed by atoms with Crippen molar-refractivity contribution >= 4 is 17.2 Å². The maximum absolute atomic E-state index is 13.4. The summed E-state index contributed by atoms with van der Waals surface area (Å²) in [4.78, 5) is -0.0836. The van der Waals surface area contributed by atoms with E-state index in [2.05, 4.69) is 12.2 Å². The van der Waals surface area contributed by atoms with E-state index in [1.54, 1.807) is 0 Å². The molecular formula is C10H11F2NO2S. The summed E-state index contributed by atoms with van der Waals surface area (Å²) in [5.74, 6) is -2.20. The van der Waals surface area contributed by atoms with Gasteiger partial charge >= 0.3 is 0 Å². The van der Waals surface area contributed by atoms with Gasteiger partial charge in [0, 0.05) is 18.6 Å².